The van der Waals surface area contributed by atoms with Crippen LogP contribution in [0.25, 0.3) is 0 Å². The molecule has 12 heavy (non-hydrogen) atoms. The van der Waals surface area contributed by atoms with Crippen molar-refractivity contribution in [2.75, 3.05) is 13.7 Å². The molecule has 4 N–H and O–H groups in total. The fraction of sp³-hybridized carbons (Fsp3) is 0.875. The summed E-state index contributed by atoms with van der Waals surface area (Å²) >= 11 is 0. The number of carbonyl (C=O) groups is 1. The van der Waals surface area contributed by atoms with E-state index < -0.39 is 6.04 Å². The maximum atomic E-state index is 10.7. The van der Waals surface area contributed by atoms with Crippen molar-refractivity contribution in [2.45, 2.75) is 32.7 Å². The molecule has 0 amide bonds. The molecule has 0 saturated heterocycles. The van der Waals surface area contributed by atoms with E-state index in [1.165, 1.54) is 7.11 Å². The van der Waals surface area contributed by atoms with Gasteiger partial charge in [0, 0.05) is 0 Å². The predicted molar refractivity (Wildman–Crippen MR) is 49.6 cm³/mol. The van der Waals surface area contributed by atoms with Gasteiger partial charge < -0.3 is 16.2 Å². The van der Waals surface area contributed by atoms with Gasteiger partial charge in [0.2, 0.25) is 0 Å². The molecule has 74 valence electrons. The zero-order chi connectivity index (χ0) is 8.69. The van der Waals surface area contributed by atoms with Gasteiger partial charge in [0.25, 0.3) is 0 Å². The SMILES string of the molecule is C.COC(=O)C(N)CCCCN. The van der Waals surface area contributed by atoms with E-state index in [0.29, 0.717) is 13.0 Å². The Labute approximate surface area is 74.3 Å². The number of nitrogens with two attached hydrogens (primary N) is 2. The summed E-state index contributed by atoms with van der Waals surface area (Å²) in [6, 6.07) is -0.480. The molecule has 0 spiro atoms. The van der Waals surface area contributed by atoms with Gasteiger partial charge in [0.15, 0.2) is 0 Å². The largest absolute Gasteiger partial charge is 0.468 e. The summed E-state index contributed by atoms with van der Waals surface area (Å²) in [5, 5.41) is 0. The minimum absolute atomic E-state index is 0. The number of unbranched alkanes of at least 4 members (excludes halogenated alkanes) is 1. The Morgan fingerprint density at radius 2 is 2.08 bits per heavy atom. The second-order valence-corrected chi connectivity index (χ2v) is 2.41. The molecule has 0 aromatic heterocycles. The van der Waals surface area contributed by atoms with E-state index in [4.69, 9.17) is 11.5 Å². The Morgan fingerprint density at radius 3 is 2.50 bits per heavy atom. The van der Waals surface area contributed by atoms with Crippen LogP contribution in [0, 0.1) is 0 Å². The number of esters is 1. The maximum absolute atomic E-state index is 10.7. The fourth-order valence-corrected chi connectivity index (χ4v) is 0.778. The van der Waals surface area contributed by atoms with Gasteiger partial charge in [-0.05, 0) is 19.4 Å². The second kappa shape index (κ2) is 8.49. The zero-order valence-electron chi connectivity index (χ0n) is 6.88. The molecule has 1 unspecified atom stereocenters. The smallest absolute Gasteiger partial charge is 0.322 e. The quantitative estimate of drug-likeness (QED) is 0.465. The molecule has 0 radical (unpaired) electrons. The first-order valence-corrected chi connectivity index (χ1v) is 3.76. The number of hydrogen-bond donors (Lipinski definition) is 2. The maximum Gasteiger partial charge on any atom is 0.322 e. The minimum atomic E-state index is -0.480. The molecular weight excluding hydrogens is 156 g/mol. The molecule has 1 atom stereocenters. The summed E-state index contributed by atoms with van der Waals surface area (Å²) < 4.78 is 4.45. The van der Waals surface area contributed by atoms with Crippen LogP contribution in [0.4, 0.5) is 0 Å². The van der Waals surface area contributed by atoms with E-state index in [1.807, 2.05) is 0 Å². The number of rotatable bonds is 5. The summed E-state index contributed by atoms with van der Waals surface area (Å²) in [4.78, 5) is 10.7. The number of hydrogen-bond acceptors (Lipinski definition) is 4. The molecule has 0 saturated carbocycles. The van der Waals surface area contributed by atoms with Crippen LogP contribution in [-0.4, -0.2) is 25.7 Å². The average molecular weight is 176 g/mol. The van der Waals surface area contributed by atoms with Crippen molar-refractivity contribution in [2.24, 2.45) is 11.5 Å². The van der Waals surface area contributed by atoms with Crippen LogP contribution in [0.2, 0.25) is 0 Å². The summed E-state index contributed by atoms with van der Waals surface area (Å²) in [7, 11) is 1.34. The van der Waals surface area contributed by atoms with Crippen LogP contribution in [0.1, 0.15) is 26.7 Å². The molecule has 0 aliphatic heterocycles. The highest BCUT2D eigenvalue weighted by Gasteiger charge is 2.11. The Hall–Kier alpha value is -0.610. The van der Waals surface area contributed by atoms with E-state index in [9.17, 15) is 4.79 Å². The van der Waals surface area contributed by atoms with E-state index in [1.54, 1.807) is 0 Å². The topological polar surface area (TPSA) is 78.3 Å². The van der Waals surface area contributed by atoms with Crippen molar-refractivity contribution in [1.82, 2.24) is 0 Å². The monoisotopic (exact) mass is 176 g/mol. The predicted octanol–water partition coefficient (Wildman–Crippen LogP) is 0.252. The number of carbonyl (C=O) groups excluding carboxylic acids is 1. The third kappa shape index (κ3) is 6.12. The van der Waals surface area contributed by atoms with E-state index in [2.05, 4.69) is 4.74 Å². The average Bonchev–Trinajstić information content (AvgIpc) is 2.03. The lowest BCUT2D eigenvalue weighted by molar-refractivity contribution is -0.142. The molecule has 0 bridgehead atoms. The van der Waals surface area contributed by atoms with E-state index >= 15 is 0 Å². The molecule has 0 fully saturated rings. The molecule has 0 aliphatic carbocycles. The third-order valence-electron chi connectivity index (χ3n) is 1.47. The first kappa shape index (κ1) is 13.9. The van der Waals surface area contributed by atoms with Crippen molar-refractivity contribution < 1.29 is 9.53 Å². The normalized spacial score (nSPS) is 11.6. The first-order chi connectivity index (χ1) is 5.22. The van der Waals surface area contributed by atoms with Gasteiger partial charge in [-0.1, -0.05) is 13.8 Å². The van der Waals surface area contributed by atoms with Crippen LogP contribution in [0.5, 0.6) is 0 Å². The van der Waals surface area contributed by atoms with E-state index in [-0.39, 0.29) is 13.4 Å². The summed E-state index contributed by atoms with van der Waals surface area (Å²) in [5.74, 6) is -0.345. The van der Waals surface area contributed by atoms with Crippen molar-refractivity contribution in [3.63, 3.8) is 0 Å². The molecule has 0 aliphatic rings. The molecule has 4 nitrogen and oxygen atoms in total. The van der Waals surface area contributed by atoms with Gasteiger partial charge in [-0.3, -0.25) is 4.79 Å². The standard InChI is InChI=1S/C7H16N2O2.CH4/c1-11-7(10)6(9)4-2-3-5-8;/h6H,2-5,8-9H2,1H3;1H4. The van der Waals surface area contributed by atoms with Crippen molar-refractivity contribution in [3.05, 3.63) is 0 Å². The first-order valence-electron chi connectivity index (χ1n) is 3.76. The van der Waals surface area contributed by atoms with Gasteiger partial charge in [-0.25, -0.2) is 0 Å². The number of methoxy groups -OCH3 is 1. The van der Waals surface area contributed by atoms with Crippen LogP contribution < -0.4 is 11.5 Å². The highest BCUT2D eigenvalue weighted by Crippen LogP contribution is 1.98. The van der Waals surface area contributed by atoms with Crippen LogP contribution in [0.3, 0.4) is 0 Å². The van der Waals surface area contributed by atoms with Crippen molar-refractivity contribution in [3.8, 4) is 0 Å². The minimum Gasteiger partial charge on any atom is -0.468 e. The molecule has 0 heterocycles. The molecule has 4 heteroatoms. The summed E-state index contributed by atoms with van der Waals surface area (Å²) in [6.45, 7) is 0.647. The molecular formula is C8H20N2O2. The molecule has 0 aromatic carbocycles. The van der Waals surface area contributed by atoms with Gasteiger partial charge in [-0.2, -0.15) is 0 Å². The molecule has 0 aromatic rings. The van der Waals surface area contributed by atoms with Gasteiger partial charge >= 0.3 is 5.97 Å². The Kier molecular flexibility index (Phi) is 9.86. The fourth-order valence-electron chi connectivity index (χ4n) is 0.778. The number of ether oxygens (including phenoxy) is 1. The Balaban J connectivity index is 0. The van der Waals surface area contributed by atoms with Crippen LogP contribution in [-0.2, 0) is 9.53 Å². The van der Waals surface area contributed by atoms with Crippen LogP contribution in [0.15, 0.2) is 0 Å². The highest BCUT2D eigenvalue weighted by atomic mass is 16.5. The zero-order valence-corrected chi connectivity index (χ0v) is 6.88. The highest BCUT2D eigenvalue weighted by molar-refractivity contribution is 5.75. The lowest BCUT2D eigenvalue weighted by Gasteiger charge is -2.07. The van der Waals surface area contributed by atoms with Crippen molar-refractivity contribution in [1.29, 1.82) is 0 Å². The Bertz CT molecular complexity index is 118. The lowest BCUT2D eigenvalue weighted by atomic mass is 10.1. The molecule has 0 rings (SSSR count). The van der Waals surface area contributed by atoms with Gasteiger partial charge in [0.05, 0.1) is 7.11 Å². The second-order valence-electron chi connectivity index (χ2n) is 2.41. The summed E-state index contributed by atoms with van der Waals surface area (Å²) in [5.41, 5.74) is 10.7. The van der Waals surface area contributed by atoms with Gasteiger partial charge in [0.1, 0.15) is 6.04 Å². The van der Waals surface area contributed by atoms with Crippen molar-refractivity contribution >= 4 is 5.97 Å². The third-order valence-corrected chi connectivity index (χ3v) is 1.47. The van der Waals surface area contributed by atoms with Crippen LogP contribution >= 0.6 is 0 Å². The van der Waals surface area contributed by atoms with Gasteiger partial charge in [-0.15, -0.1) is 0 Å². The lowest BCUT2D eigenvalue weighted by Crippen LogP contribution is -2.31. The Morgan fingerprint density at radius 1 is 1.50 bits per heavy atom. The van der Waals surface area contributed by atoms with E-state index in [0.717, 1.165) is 12.8 Å². The summed E-state index contributed by atoms with van der Waals surface area (Å²) in [6.07, 6.45) is 2.45.